The Hall–Kier alpha value is -1.42. The summed E-state index contributed by atoms with van der Waals surface area (Å²) in [5.41, 5.74) is 1.11. The molecule has 1 aromatic carbocycles. The van der Waals surface area contributed by atoms with Crippen LogP contribution in [0.25, 0.3) is 0 Å². The number of hydrogen-bond acceptors (Lipinski definition) is 4. The first kappa shape index (κ1) is 14.0. The molecule has 4 nitrogen and oxygen atoms in total. The molecule has 1 aliphatic rings. The number of benzene rings is 1. The Bertz CT molecular complexity index is 407. The molecule has 1 aromatic rings. The summed E-state index contributed by atoms with van der Waals surface area (Å²) in [6, 6.07) is 3.94. The van der Waals surface area contributed by atoms with E-state index in [-0.39, 0.29) is 0 Å². The quantitative estimate of drug-likeness (QED) is 0.733. The van der Waals surface area contributed by atoms with E-state index < -0.39 is 0 Å². The minimum absolute atomic E-state index is 0.300. The van der Waals surface area contributed by atoms with E-state index in [2.05, 4.69) is 12.2 Å². The van der Waals surface area contributed by atoms with Crippen LogP contribution in [-0.4, -0.2) is 20.4 Å². The molecule has 0 radical (unpaired) electrons. The predicted octanol–water partition coefficient (Wildman–Crippen LogP) is 3.09. The standard InChI is InChI=1S/C15H23NO3/c1-3-4-5-6-7-17-13-9-15-14(18-11-19-15)8-12(13)10-16-2/h8-9,16H,3-7,10-11H2,1-2H3. The molecule has 0 bridgehead atoms. The summed E-state index contributed by atoms with van der Waals surface area (Å²) in [4.78, 5) is 0. The second-order valence-corrected chi connectivity index (χ2v) is 4.75. The van der Waals surface area contributed by atoms with E-state index in [1.165, 1.54) is 19.3 Å². The van der Waals surface area contributed by atoms with Crippen molar-refractivity contribution in [1.82, 2.24) is 5.32 Å². The van der Waals surface area contributed by atoms with E-state index in [9.17, 15) is 0 Å². The van der Waals surface area contributed by atoms with Gasteiger partial charge in [-0.25, -0.2) is 0 Å². The number of rotatable bonds is 8. The number of unbranched alkanes of at least 4 members (excludes halogenated alkanes) is 3. The lowest BCUT2D eigenvalue weighted by atomic mass is 10.1. The molecular weight excluding hydrogens is 242 g/mol. The molecule has 0 aromatic heterocycles. The van der Waals surface area contributed by atoms with Gasteiger partial charge >= 0.3 is 0 Å². The van der Waals surface area contributed by atoms with Crippen LogP contribution in [0.4, 0.5) is 0 Å². The molecule has 0 saturated carbocycles. The fourth-order valence-corrected chi connectivity index (χ4v) is 2.14. The molecular formula is C15H23NO3. The van der Waals surface area contributed by atoms with Crippen LogP contribution in [0.5, 0.6) is 17.2 Å². The molecule has 0 spiro atoms. The zero-order valence-electron chi connectivity index (χ0n) is 11.8. The number of ether oxygens (including phenoxy) is 3. The van der Waals surface area contributed by atoms with Gasteiger partial charge in [-0.05, 0) is 19.5 Å². The minimum atomic E-state index is 0.300. The van der Waals surface area contributed by atoms with Gasteiger partial charge in [-0.15, -0.1) is 0 Å². The zero-order valence-corrected chi connectivity index (χ0v) is 11.8. The molecule has 0 unspecified atom stereocenters. The first-order valence-corrected chi connectivity index (χ1v) is 7.05. The number of fused-ring (bicyclic) bond motifs is 1. The molecule has 0 amide bonds. The number of hydrogen-bond donors (Lipinski definition) is 1. The molecule has 0 aliphatic carbocycles. The van der Waals surface area contributed by atoms with Crippen molar-refractivity contribution < 1.29 is 14.2 Å². The average molecular weight is 265 g/mol. The van der Waals surface area contributed by atoms with E-state index in [4.69, 9.17) is 14.2 Å². The van der Waals surface area contributed by atoms with Crippen LogP contribution in [0.15, 0.2) is 12.1 Å². The first-order chi connectivity index (χ1) is 9.35. The van der Waals surface area contributed by atoms with Crippen LogP contribution in [0, 0.1) is 0 Å². The monoisotopic (exact) mass is 265 g/mol. The SMILES string of the molecule is CCCCCCOc1cc2c(cc1CNC)OCO2. The molecule has 106 valence electrons. The van der Waals surface area contributed by atoms with Crippen LogP contribution in [0.2, 0.25) is 0 Å². The third kappa shape index (κ3) is 3.77. The van der Waals surface area contributed by atoms with Crippen molar-refractivity contribution in [3.63, 3.8) is 0 Å². The highest BCUT2D eigenvalue weighted by Gasteiger charge is 2.17. The van der Waals surface area contributed by atoms with Crippen LogP contribution in [0.3, 0.4) is 0 Å². The fraction of sp³-hybridized carbons (Fsp3) is 0.600. The van der Waals surface area contributed by atoms with Crippen molar-refractivity contribution in [3.8, 4) is 17.2 Å². The van der Waals surface area contributed by atoms with Crippen LogP contribution >= 0.6 is 0 Å². The predicted molar refractivity (Wildman–Crippen MR) is 75.0 cm³/mol. The molecule has 0 atom stereocenters. The molecule has 1 N–H and O–H groups in total. The Morgan fingerprint density at radius 3 is 2.68 bits per heavy atom. The van der Waals surface area contributed by atoms with E-state index in [0.717, 1.165) is 42.4 Å². The lowest BCUT2D eigenvalue weighted by Crippen LogP contribution is -2.08. The van der Waals surface area contributed by atoms with Gasteiger partial charge in [0.1, 0.15) is 5.75 Å². The summed E-state index contributed by atoms with van der Waals surface area (Å²) in [5.74, 6) is 2.49. The summed E-state index contributed by atoms with van der Waals surface area (Å²) in [6.45, 7) is 4.04. The van der Waals surface area contributed by atoms with Crippen LogP contribution in [-0.2, 0) is 6.54 Å². The highest BCUT2D eigenvalue weighted by molar-refractivity contribution is 5.51. The summed E-state index contributed by atoms with van der Waals surface area (Å²) in [7, 11) is 1.93. The Balaban J connectivity index is 1.97. The highest BCUT2D eigenvalue weighted by Crippen LogP contribution is 2.38. The fourth-order valence-electron chi connectivity index (χ4n) is 2.14. The van der Waals surface area contributed by atoms with Crippen molar-refractivity contribution in [2.75, 3.05) is 20.4 Å². The summed E-state index contributed by atoms with van der Waals surface area (Å²) in [5, 5.41) is 3.15. The van der Waals surface area contributed by atoms with Gasteiger partial charge in [0, 0.05) is 18.2 Å². The van der Waals surface area contributed by atoms with Crippen molar-refractivity contribution in [2.24, 2.45) is 0 Å². The molecule has 1 heterocycles. The van der Waals surface area contributed by atoms with Gasteiger partial charge in [-0.1, -0.05) is 26.2 Å². The topological polar surface area (TPSA) is 39.7 Å². The lowest BCUT2D eigenvalue weighted by Gasteiger charge is -2.12. The Morgan fingerprint density at radius 2 is 1.95 bits per heavy atom. The van der Waals surface area contributed by atoms with Gasteiger partial charge in [0.2, 0.25) is 6.79 Å². The maximum Gasteiger partial charge on any atom is 0.231 e. The Kier molecular flexibility index (Phi) is 5.33. The zero-order chi connectivity index (χ0) is 13.5. The van der Waals surface area contributed by atoms with Crippen LogP contribution < -0.4 is 19.5 Å². The minimum Gasteiger partial charge on any atom is -0.493 e. The maximum atomic E-state index is 5.89. The normalized spacial score (nSPS) is 12.7. The number of nitrogens with one attached hydrogen (secondary N) is 1. The first-order valence-electron chi connectivity index (χ1n) is 7.05. The van der Waals surface area contributed by atoms with Gasteiger partial charge in [0.15, 0.2) is 11.5 Å². The Morgan fingerprint density at radius 1 is 1.16 bits per heavy atom. The Labute approximate surface area is 115 Å². The molecule has 2 rings (SSSR count). The second kappa shape index (κ2) is 7.24. The molecule has 1 aliphatic heterocycles. The molecule has 0 fully saturated rings. The van der Waals surface area contributed by atoms with Gasteiger partial charge in [-0.2, -0.15) is 0 Å². The van der Waals surface area contributed by atoms with E-state index >= 15 is 0 Å². The van der Waals surface area contributed by atoms with Gasteiger partial charge < -0.3 is 19.5 Å². The summed E-state index contributed by atoms with van der Waals surface area (Å²) < 4.78 is 16.7. The summed E-state index contributed by atoms with van der Waals surface area (Å²) >= 11 is 0. The van der Waals surface area contributed by atoms with E-state index in [0.29, 0.717) is 6.79 Å². The molecule has 4 heteroatoms. The van der Waals surface area contributed by atoms with E-state index in [1.807, 2.05) is 19.2 Å². The van der Waals surface area contributed by atoms with Gasteiger partial charge in [-0.3, -0.25) is 0 Å². The lowest BCUT2D eigenvalue weighted by molar-refractivity contribution is 0.173. The van der Waals surface area contributed by atoms with Crippen molar-refractivity contribution >= 4 is 0 Å². The average Bonchev–Trinajstić information content (AvgIpc) is 2.86. The van der Waals surface area contributed by atoms with Gasteiger partial charge in [0.25, 0.3) is 0 Å². The summed E-state index contributed by atoms with van der Waals surface area (Å²) in [6.07, 6.45) is 4.84. The molecule has 0 saturated heterocycles. The van der Waals surface area contributed by atoms with Crippen molar-refractivity contribution in [3.05, 3.63) is 17.7 Å². The van der Waals surface area contributed by atoms with Crippen molar-refractivity contribution in [2.45, 2.75) is 39.2 Å². The largest absolute Gasteiger partial charge is 0.493 e. The third-order valence-corrected chi connectivity index (χ3v) is 3.18. The molecule has 19 heavy (non-hydrogen) atoms. The van der Waals surface area contributed by atoms with Crippen LogP contribution in [0.1, 0.15) is 38.2 Å². The smallest absolute Gasteiger partial charge is 0.231 e. The van der Waals surface area contributed by atoms with Crippen molar-refractivity contribution in [1.29, 1.82) is 0 Å². The second-order valence-electron chi connectivity index (χ2n) is 4.75. The highest BCUT2D eigenvalue weighted by atomic mass is 16.7. The van der Waals surface area contributed by atoms with Gasteiger partial charge in [0.05, 0.1) is 6.61 Å². The maximum absolute atomic E-state index is 5.89. The van der Waals surface area contributed by atoms with E-state index in [1.54, 1.807) is 0 Å². The third-order valence-electron chi connectivity index (χ3n) is 3.18.